The first-order valence-electron chi connectivity index (χ1n) is 5.71. The molecule has 0 aliphatic carbocycles. The fourth-order valence-corrected chi connectivity index (χ4v) is 2.04. The minimum absolute atomic E-state index is 0.124. The molecule has 1 aromatic carbocycles. The molecule has 0 radical (unpaired) electrons. The Balaban J connectivity index is 2.33. The van der Waals surface area contributed by atoms with E-state index >= 15 is 0 Å². The summed E-state index contributed by atoms with van der Waals surface area (Å²) < 4.78 is 0. The minimum atomic E-state index is -1.14. The number of carboxylic acids is 1. The van der Waals surface area contributed by atoms with E-state index in [0.29, 0.717) is 5.82 Å². The van der Waals surface area contributed by atoms with Crippen LogP contribution in [0, 0.1) is 13.8 Å². The van der Waals surface area contributed by atoms with E-state index in [1.165, 1.54) is 6.07 Å². The average molecular weight is 277 g/mol. The van der Waals surface area contributed by atoms with Crippen LogP contribution in [0.2, 0.25) is 5.02 Å². The molecular formula is C14H13ClN2O2. The van der Waals surface area contributed by atoms with E-state index in [4.69, 9.17) is 16.7 Å². The summed E-state index contributed by atoms with van der Waals surface area (Å²) in [6.07, 6.45) is 0. The molecule has 0 atom stereocenters. The van der Waals surface area contributed by atoms with Crippen molar-refractivity contribution in [2.45, 2.75) is 13.8 Å². The highest BCUT2D eigenvalue weighted by molar-refractivity contribution is 6.33. The number of hydrogen-bond donors (Lipinski definition) is 2. The van der Waals surface area contributed by atoms with Crippen molar-refractivity contribution in [2.75, 3.05) is 5.32 Å². The van der Waals surface area contributed by atoms with Crippen LogP contribution in [0.25, 0.3) is 0 Å². The van der Waals surface area contributed by atoms with Gasteiger partial charge in [-0.25, -0.2) is 9.78 Å². The second-order valence-corrected chi connectivity index (χ2v) is 4.74. The molecule has 0 saturated heterocycles. The zero-order chi connectivity index (χ0) is 14.0. The zero-order valence-electron chi connectivity index (χ0n) is 10.6. The lowest BCUT2D eigenvalue weighted by Gasteiger charge is -2.09. The highest BCUT2D eigenvalue weighted by Crippen LogP contribution is 2.21. The molecule has 0 saturated carbocycles. The van der Waals surface area contributed by atoms with E-state index < -0.39 is 5.97 Å². The highest BCUT2D eigenvalue weighted by atomic mass is 35.5. The van der Waals surface area contributed by atoms with Crippen molar-refractivity contribution in [1.82, 2.24) is 4.98 Å². The number of aromatic carboxylic acids is 1. The van der Waals surface area contributed by atoms with Crippen LogP contribution in [0.15, 0.2) is 30.3 Å². The molecule has 0 fully saturated rings. The second-order valence-electron chi connectivity index (χ2n) is 4.33. The SMILES string of the molecule is Cc1cc(C)cc(Nc2ccc(Cl)c(C(=O)O)n2)c1. The normalized spacial score (nSPS) is 10.3. The van der Waals surface area contributed by atoms with Gasteiger partial charge in [0, 0.05) is 5.69 Å². The van der Waals surface area contributed by atoms with Gasteiger partial charge < -0.3 is 10.4 Å². The molecule has 5 heteroatoms. The Bertz CT molecular complexity index is 621. The lowest BCUT2D eigenvalue weighted by Crippen LogP contribution is -2.04. The fraction of sp³-hybridized carbons (Fsp3) is 0.143. The molecule has 4 nitrogen and oxygen atoms in total. The van der Waals surface area contributed by atoms with Gasteiger partial charge in [0.05, 0.1) is 5.02 Å². The Labute approximate surface area is 116 Å². The summed E-state index contributed by atoms with van der Waals surface area (Å²) in [5.74, 6) is -0.694. The smallest absolute Gasteiger partial charge is 0.356 e. The van der Waals surface area contributed by atoms with Crippen molar-refractivity contribution in [2.24, 2.45) is 0 Å². The van der Waals surface area contributed by atoms with Crippen LogP contribution >= 0.6 is 11.6 Å². The highest BCUT2D eigenvalue weighted by Gasteiger charge is 2.11. The van der Waals surface area contributed by atoms with Gasteiger partial charge in [-0.15, -0.1) is 0 Å². The number of pyridine rings is 1. The van der Waals surface area contributed by atoms with Gasteiger partial charge in [-0.2, -0.15) is 0 Å². The summed E-state index contributed by atoms with van der Waals surface area (Å²) in [6, 6.07) is 9.14. The monoisotopic (exact) mass is 276 g/mol. The summed E-state index contributed by atoms with van der Waals surface area (Å²) in [5.41, 5.74) is 2.95. The average Bonchev–Trinajstić information content (AvgIpc) is 2.30. The Kier molecular flexibility index (Phi) is 3.71. The molecule has 0 aliphatic rings. The van der Waals surface area contributed by atoms with Gasteiger partial charge in [0.25, 0.3) is 0 Å². The molecule has 0 amide bonds. The topological polar surface area (TPSA) is 62.2 Å². The first-order valence-corrected chi connectivity index (χ1v) is 6.08. The van der Waals surface area contributed by atoms with Crippen LogP contribution < -0.4 is 5.32 Å². The molecule has 1 heterocycles. The summed E-state index contributed by atoms with van der Waals surface area (Å²) >= 11 is 5.77. The van der Waals surface area contributed by atoms with Gasteiger partial charge in [-0.1, -0.05) is 17.7 Å². The number of hydrogen-bond acceptors (Lipinski definition) is 3. The van der Waals surface area contributed by atoms with E-state index in [1.807, 2.05) is 26.0 Å². The predicted octanol–water partition coefficient (Wildman–Crippen LogP) is 3.79. The van der Waals surface area contributed by atoms with Crippen molar-refractivity contribution in [1.29, 1.82) is 0 Å². The van der Waals surface area contributed by atoms with Crippen LogP contribution in [0.4, 0.5) is 11.5 Å². The Morgan fingerprint density at radius 1 is 1.21 bits per heavy atom. The second kappa shape index (κ2) is 5.28. The van der Waals surface area contributed by atoms with E-state index in [0.717, 1.165) is 16.8 Å². The van der Waals surface area contributed by atoms with Gasteiger partial charge in [0.1, 0.15) is 5.82 Å². The Morgan fingerprint density at radius 2 is 1.84 bits per heavy atom. The molecule has 98 valence electrons. The number of anilines is 2. The molecule has 19 heavy (non-hydrogen) atoms. The molecular weight excluding hydrogens is 264 g/mol. The van der Waals surface area contributed by atoms with Crippen LogP contribution in [0.5, 0.6) is 0 Å². The largest absolute Gasteiger partial charge is 0.476 e. The number of aryl methyl sites for hydroxylation is 2. The number of carboxylic acid groups (broad SMARTS) is 1. The molecule has 0 spiro atoms. The van der Waals surface area contributed by atoms with Crippen LogP contribution in [-0.4, -0.2) is 16.1 Å². The number of nitrogens with zero attached hydrogens (tertiary/aromatic N) is 1. The number of halogens is 1. The Hall–Kier alpha value is -2.07. The maximum Gasteiger partial charge on any atom is 0.356 e. The van der Waals surface area contributed by atoms with Crippen LogP contribution in [0.3, 0.4) is 0 Å². The van der Waals surface area contributed by atoms with Crippen LogP contribution in [-0.2, 0) is 0 Å². The van der Waals surface area contributed by atoms with Gasteiger partial charge in [0.15, 0.2) is 5.69 Å². The van der Waals surface area contributed by atoms with E-state index in [-0.39, 0.29) is 10.7 Å². The van der Waals surface area contributed by atoms with Gasteiger partial charge >= 0.3 is 5.97 Å². The van der Waals surface area contributed by atoms with Crippen molar-refractivity contribution >= 4 is 29.1 Å². The molecule has 2 aromatic rings. The first-order chi connectivity index (χ1) is 8.95. The Morgan fingerprint density at radius 3 is 2.42 bits per heavy atom. The molecule has 2 N–H and O–H groups in total. The summed E-state index contributed by atoms with van der Waals surface area (Å²) in [7, 11) is 0. The van der Waals surface area contributed by atoms with E-state index in [1.54, 1.807) is 6.07 Å². The molecule has 0 bridgehead atoms. The third-order valence-corrected chi connectivity index (χ3v) is 2.85. The van der Waals surface area contributed by atoms with Gasteiger partial charge in [-0.05, 0) is 49.2 Å². The lowest BCUT2D eigenvalue weighted by molar-refractivity contribution is 0.0691. The minimum Gasteiger partial charge on any atom is -0.476 e. The number of rotatable bonds is 3. The van der Waals surface area contributed by atoms with Gasteiger partial charge in [-0.3, -0.25) is 0 Å². The standard InChI is InChI=1S/C14H13ClN2O2/c1-8-5-9(2)7-10(6-8)16-12-4-3-11(15)13(17-12)14(18)19/h3-7H,1-2H3,(H,16,17)(H,18,19). The maximum absolute atomic E-state index is 11.0. The van der Waals surface area contributed by atoms with E-state index in [2.05, 4.69) is 16.4 Å². The van der Waals surface area contributed by atoms with Crippen molar-refractivity contribution < 1.29 is 9.90 Å². The van der Waals surface area contributed by atoms with Crippen LogP contribution in [0.1, 0.15) is 21.6 Å². The molecule has 1 aromatic heterocycles. The third-order valence-electron chi connectivity index (χ3n) is 2.54. The van der Waals surface area contributed by atoms with Crippen molar-refractivity contribution in [3.63, 3.8) is 0 Å². The van der Waals surface area contributed by atoms with Crippen molar-refractivity contribution in [3.05, 3.63) is 52.2 Å². The number of carbonyl (C=O) groups is 1. The quantitative estimate of drug-likeness (QED) is 0.895. The zero-order valence-corrected chi connectivity index (χ0v) is 11.3. The number of nitrogens with one attached hydrogen (secondary N) is 1. The first kappa shape index (κ1) is 13.4. The predicted molar refractivity (Wildman–Crippen MR) is 75.4 cm³/mol. The van der Waals surface area contributed by atoms with Gasteiger partial charge in [0.2, 0.25) is 0 Å². The summed E-state index contributed by atoms with van der Waals surface area (Å²) in [4.78, 5) is 14.9. The number of benzene rings is 1. The van der Waals surface area contributed by atoms with E-state index in [9.17, 15) is 4.79 Å². The van der Waals surface area contributed by atoms with Crippen molar-refractivity contribution in [3.8, 4) is 0 Å². The number of aromatic nitrogens is 1. The lowest BCUT2D eigenvalue weighted by atomic mass is 10.1. The fourth-order valence-electron chi connectivity index (χ4n) is 1.86. The summed E-state index contributed by atoms with van der Waals surface area (Å²) in [5, 5.41) is 12.2. The third kappa shape index (κ3) is 3.23. The molecule has 0 aliphatic heterocycles. The summed E-state index contributed by atoms with van der Waals surface area (Å²) in [6.45, 7) is 3.99. The molecule has 0 unspecified atom stereocenters. The molecule has 2 rings (SSSR count). The maximum atomic E-state index is 11.0.